The Balaban J connectivity index is 5.10. The van der Waals surface area contributed by atoms with Crippen molar-refractivity contribution in [3.05, 3.63) is 22.7 Å². The second-order valence-electron chi connectivity index (χ2n) is 3.10. The largest absolute Gasteiger partial charge is 0.461 e. The lowest BCUT2D eigenvalue weighted by atomic mass is 10.2. The van der Waals surface area contributed by atoms with Gasteiger partial charge in [-0.25, -0.2) is 0 Å². The van der Waals surface area contributed by atoms with Crippen LogP contribution in [-0.2, 0) is 4.74 Å². The molecule has 0 aliphatic rings. The van der Waals surface area contributed by atoms with Gasteiger partial charge in [0.15, 0.2) is 0 Å². The van der Waals surface area contributed by atoms with Crippen LogP contribution in [0.25, 0.3) is 0 Å². The van der Waals surface area contributed by atoms with Crippen molar-refractivity contribution >= 4 is 0 Å². The predicted molar refractivity (Wildman–Crippen MR) is 57.7 cm³/mol. The van der Waals surface area contributed by atoms with Crippen LogP contribution in [0.3, 0.4) is 0 Å². The number of aliphatic hydroxyl groups is 6. The predicted octanol–water partition coefficient (Wildman–Crippen LogP) is -2.53. The molecule has 0 aromatic heterocycles. The van der Waals surface area contributed by atoms with E-state index in [2.05, 4.69) is 0 Å². The molecule has 0 radical (unpaired) electrons. The summed E-state index contributed by atoms with van der Waals surface area (Å²) in [5.41, 5.74) is 0.0994. The van der Waals surface area contributed by atoms with Gasteiger partial charge in [0.2, 0.25) is 0 Å². The van der Waals surface area contributed by atoms with Crippen LogP contribution in [0, 0.1) is 0 Å². The summed E-state index contributed by atoms with van der Waals surface area (Å²) in [7, 11) is 0. The molecule has 0 aliphatic carbocycles. The van der Waals surface area contributed by atoms with Crippen molar-refractivity contribution < 1.29 is 35.4 Å². The lowest BCUT2D eigenvalue weighted by Crippen LogP contribution is -2.13. The zero-order valence-corrected chi connectivity index (χ0v) is 9.33. The van der Waals surface area contributed by atoms with Crippen molar-refractivity contribution in [3.63, 3.8) is 0 Å². The van der Waals surface area contributed by atoms with Gasteiger partial charge in [-0.2, -0.15) is 0 Å². The first-order chi connectivity index (χ1) is 8.18. The zero-order valence-electron chi connectivity index (χ0n) is 9.33. The van der Waals surface area contributed by atoms with Gasteiger partial charge in [0.25, 0.3) is 0 Å². The maximum Gasteiger partial charge on any atom is 0.133 e. The number of ether oxygens (including phenoxy) is 1. The summed E-state index contributed by atoms with van der Waals surface area (Å²) in [6, 6.07) is 0. The first-order valence-electron chi connectivity index (χ1n) is 4.93. The van der Waals surface area contributed by atoms with E-state index in [9.17, 15) is 0 Å². The molecule has 0 atom stereocenters. The van der Waals surface area contributed by atoms with E-state index in [1.54, 1.807) is 0 Å². The van der Waals surface area contributed by atoms with Gasteiger partial charge in [-0.05, 0) is 0 Å². The molecule has 0 unspecified atom stereocenters. The molecule has 100 valence electrons. The Kier molecular flexibility index (Phi) is 8.60. The van der Waals surface area contributed by atoms with Gasteiger partial charge in [-0.1, -0.05) is 0 Å². The molecule has 0 saturated heterocycles. The minimum Gasteiger partial charge on any atom is -0.461 e. The van der Waals surface area contributed by atoms with Crippen molar-refractivity contribution in [2.45, 2.75) is 0 Å². The van der Waals surface area contributed by atoms with Crippen LogP contribution in [0.4, 0.5) is 0 Å². The highest BCUT2D eigenvalue weighted by atomic mass is 16.5. The highest BCUT2D eigenvalue weighted by molar-refractivity contribution is 5.16. The first-order valence-corrected chi connectivity index (χ1v) is 4.93. The SMILES string of the molecule is OCC(CO)=C(CO)OC(CO)=C(CO)CO. The summed E-state index contributed by atoms with van der Waals surface area (Å²) >= 11 is 0. The van der Waals surface area contributed by atoms with E-state index in [1.165, 1.54) is 0 Å². The van der Waals surface area contributed by atoms with Gasteiger partial charge in [0.05, 0.1) is 26.4 Å². The van der Waals surface area contributed by atoms with E-state index in [0.717, 1.165) is 0 Å². The summed E-state index contributed by atoms with van der Waals surface area (Å²) in [6.45, 7) is -3.25. The van der Waals surface area contributed by atoms with Crippen LogP contribution in [0.1, 0.15) is 0 Å². The third-order valence-electron chi connectivity index (χ3n) is 2.09. The van der Waals surface area contributed by atoms with Gasteiger partial charge in [0.1, 0.15) is 24.7 Å². The minimum absolute atomic E-state index is 0.0497. The summed E-state index contributed by atoms with van der Waals surface area (Å²) in [6.07, 6.45) is 0. The molecule has 0 aliphatic heterocycles. The van der Waals surface area contributed by atoms with E-state index in [4.69, 9.17) is 35.4 Å². The average Bonchev–Trinajstić information content (AvgIpc) is 2.37. The molecule has 0 aromatic rings. The van der Waals surface area contributed by atoms with Crippen molar-refractivity contribution in [3.8, 4) is 0 Å². The Bertz CT molecular complexity index is 242. The third-order valence-corrected chi connectivity index (χ3v) is 2.09. The molecular formula is C10H18O7. The zero-order chi connectivity index (χ0) is 13.3. The molecule has 0 rings (SSSR count). The van der Waals surface area contributed by atoms with Gasteiger partial charge in [-0.3, -0.25) is 0 Å². The standard InChI is InChI=1S/C10H18O7/c11-1-7(2-12)9(5-15)17-10(6-16)8(3-13)4-14/h11-16H,1-6H2. The van der Waals surface area contributed by atoms with E-state index in [1.807, 2.05) is 0 Å². The van der Waals surface area contributed by atoms with Crippen LogP contribution in [0.2, 0.25) is 0 Å². The molecule has 6 N–H and O–H groups in total. The maximum atomic E-state index is 9.00. The second kappa shape index (κ2) is 9.11. The normalized spacial score (nSPS) is 10.0. The molecule has 0 aromatic carbocycles. The monoisotopic (exact) mass is 250 g/mol. The summed E-state index contributed by atoms with van der Waals surface area (Å²) in [5.74, 6) is -0.253. The van der Waals surface area contributed by atoms with Crippen molar-refractivity contribution in [2.24, 2.45) is 0 Å². The summed E-state index contributed by atoms with van der Waals surface area (Å²) < 4.78 is 5.06. The minimum atomic E-state index is -0.593. The molecular weight excluding hydrogens is 232 g/mol. The van der Waals surface area contributed by atoms with E-state index >= 15 is 0 Å². The van der Waals surface area contributed by atoms with E-state index < -0.39 is 39.6 Å². The highest BCUT2D eigenvalue weighted by Gasteiger charge is 2.12. The molecule has 7 heteroatoms. The molecule has 0 amide bonds. The second-order valence-corrected chi connectivity index (χ2v) is 3.10. The number of rotatable bonds is 8. The fourth-order valence-corrected chi connectivity index (χ4v) is 1.03. The summed E-state index contributed by atoms with van der Waals surface area (Å²) in [4.78, 5) is 0. The lowest BCUT2D eigenvalue weighted by Gasteiger charge is -2.15. The Labute approximate surface area is 98.5 Å². The van der Waals surface area contributed by atoms with Crippen LogP contribution in [-0.4, -0.2) is 70.3 Å². The number of hydrogen-bond acceptors (Lipinski definition) is 7. The van der Waals surface area contributed by atoms with E-state index in [-0.39, 0.29) is 22.7 Å². The lowest BCUT2D eigenvalue weighted by molar-refractivity contribution is 0.152. The maximum absolute atomic E-state index is 9.00. The van der Waals surface area contributed by atoms with Crippen LogP contribution >= 0.6 is 0 Å². The highest BCUT2D eigenvalue weighted by Crippen LogP contribution is 2.14. The molecule has 0 heterocycles. The molecule has 0 saturated carbocycles. The van der Waals surface area contributed by atoms with Crippen LogP contribution in [0.5, 0.6) is 0 Å². The number of hydrogen-bond donors (Lipinski definition) is 6. The van der Waals surface area contributed by atoms with Crippen molar-refractivity contribution in [1.29, 1.82) is 0 Å². The van der Waals surface area contributed by atoms with Crippen molar-refractivity contribution in [2.75, 3.05) is 39.6 Å². The Morgan fingerprint density at radius 3 is 1.00 bits per heavy atom. The fraction of sp³-hybridized carbons (Fsp3) is 0.600. The molecule has 7 nitrogen and oxygen atoms in total. The number of aliphatic hydroxyl groups excluding tert-OH is 6. The van der Waals surface area contributed by atoms with Gasteiger partial charge in [-0.15, -0.1) is 0 Å². The third kappa shape index (κ3) is 4.82. The molecule has 17 heavy (non-hydrogen) atoms. The van der Waals surface area contributed by atoms with Crippen LogP contribution < -0.4 is 0 Å². The average molecular weight is 250 g/mol. The van der Waals surface area contributed by atoms with Crippen LogP contribution in [0.15, 0.2) is 22.7 Å². The smallest absolute Gasteiger partial charge is 0.133 e. The Morgan fingerprint density at radius 2 is 0.824 bits per heavy atom. The topological polar surface area (TPSA) is 131 Å². The Morgan fingerprint density at radius 1 is 0.529 bits per heavy atom. The van der Waals surface area contributed by atoms with E-state index in [0.29, 0.717) is 0 Å². The molecule has 0 bridgehead atoms. The van der Waals surface area contributed by atoms with Crippen molar-refractivity contribution in [1.82, 2.24) is 0 Å². The Hall–Kier alpha value is -0.960. The van der Waals surface area contributed by atoms with Gasteiger partial charge in [0, 0.05) is 11.1 Å². The quantitative estimate of drug-likeness (QED) is 0.262. The van der Waals surface area contributed by atoms with Gasteiger partial charge < -0.3 is 35.4 Å². The molecule has 0 spiro atoms. The summed E-state index contributed by atoms with van der Waals surface area (Å²) in [5, 5.41) is 53.5. The fourth-order valence-electron chi connectivity index (χ4n) is 1.03. The first kappa shape index (κ1) is 16.0. The van der Waals surface area contributed by atoms with Gasteiger partial charge >= 0.3 is 0 Å². The molecule has 0 fully saturated rings.